The molecule has 0 radical (unpaired) electrons. The Hall–Kier alpha value is -0.160. The second kappa shape index (κ2) is 7.74. The molecule has 0 saturated carbocycles. The minimum atomic E-state index is -3.69. The van der Waals surface area contributed by atoms with Crippen molar-refractivity contribution in [2.45, 2.75) is 34.7 Å². The molecular formula is C11H19NO5S3. The molecule has 1 aromatic heterocycles. The predicted octanol–water partition coefficient (Wildman–Crippen LogP) is 2.16. The molecule has 0 aliphatic heterocycles. The summed E-state index contributed by atoms with van der Waals surface area (Å²) in [6.45, 7) is 3.64. The van der Waals surface area contributed by atoms with Crippen molar-refractivity contribution < 1.29 is 22.6 Å². The highest BCUT2D eigenvalue weighted by molar-refractivity contribution is 8.01. The van der Waals surface area contributed by atoms with E-state index in [0.29, 0.717) is 0 Å². The fourth-order valence-electron chi connectivity index (χ4n) is 1.34. The number of sulfonamides is 1. The zero-order chi connectivity index (χ0) is 15.3. The topological polar surface area (TPSA) is 87.8 Å². The van der Waals surface area contributed by atoms with Crippen LogP contribution in [0.4, 0.5) is 0 Å². The molecule has 1 aromatic rings. The van der Waals surface area contributed by atoms with Gasteiger partial charge >= 0.3 is 0 Å². The van der Waals surface area contributed by atoms with Crippen LogP contribution in [0.5, 0.6) is 0 Å². The molecule has 0 aliphatic carbocycles. The van der Waals surface area contributed by atoms with Crippen molar-refractivity contribution in [3.8, 4) is 0 Å². The van der Waals surface area contributed by atoms with Gasteiger partial charge in [-0.2, -0.15) is 0 Å². The van der Waals surface area contributed by atoms with Crippen molar-refractivity contribution in [2.24, 2.45) is 5.14 Å². The van der Waals surface area contributed by atoms with Gasteiger partial charge in [0.25, 0.3) is 0 Å². The molecule has 9 heteroatoms. The van der Waals surface area contributed by atoms with Gasteiger partial charge < -0.3 is 14.2 Å². The normalized spacial score (nSPS) is 15.2. The van der Waals surface area contributed by atoms with Gasteiger partial charge in [0.15, 0.2) is 13.1 Å². The highest BCUT2D eigenvalue weighted by Gasteiger charge is 2.20. The Bertz CT molecular complexity index is 528. The zero-order valence-corrected chi connectivity index (χ0v) is 14.2. The van der Waals surface area contributed by atoms with Gasteiger partial charge in [-0.15, -0.1) is 23.1 Å². The molecule has 0 bridgehead atoms. The largest absolute Gasteiger partial charge is 0.356 e. The summed E-state index contributed by atoms with van der Waals surface area (Å²) in [6, 6.07) is 1.55. The number of thioether (sulfide) groups is 1. The number of hydrogen-bond donors (Lipinski definition) is 1. The van der Waals surface area contributed by atoms with Crippen LogP contribution in [0.15, 0.2) is 14.5 Å². The standard InChI is InChI=1S/C11H19NO5S3/c1-7(16-6-17-8(2)15-3)9-5-10(20(12,13)14)19-11(9)18-4/h5,7-8H,6H2,1-4H3,(H2,12,13,14). The van der Waals surface area contributed by atoms with Crippen molar-refractivity contribution >= 4 is 33.1 Å². The lowest BCUT2D eigenvalue weighted by Crippen LogP contribution is -2.14. The van der Waals surface area contributed by atoms with E-state index in [0.717, 1.165) is 21.1 Å². The van der Waals surface area contributed by atoms with Crippen LogP contribution in [0.3, 0.4) is 0 Å². The molecule has 0 aliphatic rings. The average molecular weight is 341 g/mol. The van der Waals surface area contributed by atoms with E-state index >= 15 is 0 Å². The number of methoxy groups -OCH3 is 1. The van der Waals surface area contributed by atoms with Crippen LogP contribution in [0.1, 0.15) is 25.5 Å². The predicted molar refractivity (Wildman–Crippen MR) is 79.4 cm³/mol. The lowest BCUT2D eigenvalue weighted by atomic mass is 10.2. The van der Waals surface area contributed by atoms with E-state index in [1.807, 2.05) is 13.2 Å². The molecule has 1 rings (SSSR count). The molecule has 0 fully saturated rings. The van der Waals surface area contributed by atoms with Crippen LogP contribution in [-0.2, 0) is 24.2 Å². The average Bonchev–Trinajstić information content (AvgIpc) is 2.82. The summed E-state index contributed by atoms with van der Waals surface area (Å²) in [7, 11) is -2.15. The van der Waals surface area contributed by atoms with Crippen LogP contribution >= 0.6 is 23.1 Å². The van der Waals surface area contributed by atoms with Gasteiger partial charge in [-0.25, -0.2) is 13.6 Å². The highest BCUT2D eigenvalue weighted by Crippen LogP contribution is 2.37. The summed E-state index contributed by atoms with van der Waals surface area (Å²) >= 11 is 2.60. The summed E-state index contributed by atoms with van der Waals surface area (Å²) in [6.07, 6.45) is 1.22. The van der Waals surface area contributed by atoms with E-state index in [9.17, 15) is 8.42 Å². The molecule has 20 heavy (non-hydrogen) atoms. The van der Waals surface area contributed by atoms with Crippen LogP contribution in [0, 0.1) is 0 Å². The summed E-state index contributed by atoms with van der Waals surface area (Å²) in [5.74, 6) is 0. The molecule has 0 aromatic carbocycles. The summed E-state index contributed by atoms with van der Waals surface area (Å²) in [5, 5.41) is 5.14. The zero-order valence-electron chi connectivity index (χ0n) is 11.8. The minimum absolute atomic E-state index is 0.0601. The van der Waals surface area contributed by atoms with E-state index in [1.165, 1.54) is 18.9 Å². The van der Waals surface area contributed by atoms with E-state index < -0.39 is 10.0 Å². The van der Waals surface area contributed by atoms with Gasteiger partial charge in [0.05, 0.1) is 10.3 Å². The quantitative estimate of drug-likeness (QED) is 0.576. The first-order chi connectivity index (χ1) is 9.29. The maximum absolute atomic E-state index is 11.4. The van der Waals surface area contributed by atoms with E-state index in [-0.39, 0.29) is 23.4 Å². The monoisotopic (exact) mass is 341 g/mol. The molecule has 1 heterocycles. The second-order valence-corrected chi connectivity index (χ2v) is 7.87. The number of primary sulfonamides is 1. The third kappa shape index (κ3) is 4.99. The highest BCUT2D eigenvalue weighted by atomic mass is 32.3. The summed E-state index contributed by atoms with van der Waals surface area (Å²) in [5.41, 5.74) is 0.792. The van der Waals surface area contributed by atoms with E-state index in [4.69, 9.17) is 19.3 Å². The Morgan fingerprint density at radius 2 is 2.05 bits per heavy atom. The Labute approximate surface area is 127 Å². The number of ether oxygens (including phenoxy) is 3. The van der Waals surface area contributed by atoms with Crippen LogP contribution in [0.2, 0.25) is 0 Å². The number of nitrogens with two attached hydrogens (primary N) is 1. The van der Waals surface area contributed by atoms with Gasteiger partial charge in [0.1, 0.15) is 4.21 Å². The van der Waals surface area contributed by atoms with Crippen molar-refractivity contribution in [3.63, 3.8) is 0 Å². The molecule has 116 valence electrons. The number of thiophene rings is 1. The molecule has 2 unspecified atom stereocenters. The van der Waals surface area contributed by atoms with Gasteiger partial charge in [0, 0.05) is 12.7 Å². The lowest BCUT2D eigenvalue weighted by Gasteiger charge is -2.16. The molecule has 2 atom stereocenters. The van der Waals surface area contributed by atoms with Crippen molar-refractivity contribution in [2.75, 3.05) is 20.2 Å². The number of hydrogen-bond acceptors (Lipinski definition) is 7. The third-order valence-corrected chi connectivity index (χ3v) is 6.28. The molecule has 0 spiro atoms. The van der Waals surface area contributed by atoms with E-state index in [1.54, 1.807) is 13.0 Å². The molecule has 2 N–H and O–H groups in total. The van der Waals surface area contributed by atoms with Gasteiger partial charge in [-0.1, -0.05) is 0 Å². The first-order valence-corrected chi connectivity index (χ1v) is 9.34. The van der Waals surface area contributed by atoms with Crippen LogP contribution < -0.4 is 5.14 Å². The van der Waals surface area contributed by atoms with Crippen LogP contribution in [-0.4, -0.2) is 34.9 Å². The first kappa shape index (κ1) is 17.9. The smallest absolute Gasteiger partial charge is 0.247 e. The number of rotatable bonds is 8. The van der Waals surface area contributed by atoms with Crippen LogP contribution in [0.25, 0.3) is 0 Å². The maximum Gasteiger partial charge on any atom is 0.247 e. The van der Waals surface area contributed by atoms with Gasteiger partial charge in [-0.3, -0.25) is 0 Å². The molecular weight excluding hydrogens is 322 g/mol. The molecule has 0 amide bonds. The summed E-state index contributed by atoms with van der Waals surface area (Å²) < 4.78 is 39.4. The second-order valence-electron chi connectivity index (χ2n) is 3.95. The SMILES string of the molecule is COC(C)OCOC(C)c1cc(S(N)(=O)=O)sc1SC. The molecule has 0 saturated heterocycles. The molecule has 6 nitrogen and oxygen atoms in total. The fourth-order valence-corrected chi connectivity index (χ4v) is 4.28. The third-order valence-electron chi connectivity index (χ3n) is 2.56. The summed E-state index contributed by atoms with van der Waals surface area (Å²) in [4.78, 5) is 0. The maximum atomic E-state index is 11.4. The fraction of sp³-hybridized carbons (Fsp3) is 0.636. The lowest BCUT2D eigenvalue weighted by molar-refractivity contribution is -0.187. The Balaban J connectivity index is 2.77. The van der Waals surface area contributed by atoms with Crippen molar-refractivity contribution in [1.82, 2.24) is 0 Å². The Morgan fingerprint density at radius 1 is 1.40 bits per heavy atom. The Morgan fingerprint density at radius 3 is 2.55 bits per heavy atom. The first-order valence-electron chi connectivity index (χ1n) is 5.76. The van der Waals surface area contributed by atoms with Gasteiger partial charge in [-0.05, 0) is 26.2 Å². The van der Waals surface area contributed by atoms with Crippen molar-refractivity contribution in [1.29, 1.82) is 0 Å². The minimum Gasteiger partial charge on any atom is -0.356 e. The van der Waals surface area contributed by atoms with Gasteiger partial charge in [0.2, 0.25) is 10.0 Å². The van der Waals surface area contributed by atoms with E-state index in [2.05, 4.69) is 0 Å². The van der Waals surface area contributed by atoms with Crippen molar-refractivity contribution in [3.05, 3.63) is 11.6 Å². The Kier molecular flexibility index (Phi) is 6.92.